The fraction of sp³-hybridized carbons (Fsp3) is 0.250. The van der Waals surface area contributed by atoms with Gasteiger partial charge in [0.05, 0.1) is 12.6 Å². The van der Waals surface area contributed by atoms with Crippen LogP contribution < -0.4 is 5.32 Å². The zero-order chi connectivity index (χ0) is 18.4. The molecule has 0 spiro atoms. The van der Waals surface area contributed by atoms with E-state index in [0.717, 1.165) is 16.7 Å². The Kier molecular flexibility index (Phi) is 5.76. The van der Waals surface area contributed by atoms with Crippen LogP contribution in [0, 0.1) is 6.92 Å². The Balaban J connectivity index is 1.57. The van der Waals surface area contributed by atoms with Crippen LogP contribution in [0.3, 0.4) is 0 Å². The topological polar surface area (TPSA) is 88.2 Å². The SMILES string of the molecule is Cc1ccccc1-c1noc(CCC(=O)N[C@H](CO)c2ccccc2)n1. The van der Waals surface area contributed by atoms with Crippen LogP contribution in [0.2, 0.25) is 0 Å². The van der Waals surface area contributed by atoms with E-state index in [4.69, 9.17) is 4.52 Å². The molecule has 1 amide bonds. The standard InChI is InChI=1S/C20H21N3O3/c1-14-7-5-6-10-16(14)20-22-19(26-23-20)12-11-18(25)21-17(13-24)15-8-3-2-4-9-15/h2-10,17,24H,11-13H2,1H3,(H,21,25)/t17-/m1/s1. The molecule has 0 aliphatic rings. The van der Waals surface area contributed by atoms with E-state index in [2.05, 4.69) is 15.5 Å². The first kappa shape index (κ1) is 17.8. The van der Waals surface area contributed by atoms with Crippen molar-refractivity contribution >= 4 is 5.91 Å². The number of benzene rings is 2. The molecule has 3 aromatic rings. The summed E-state index contributed by atoms with van der Waals surface area (Å²) >= 11 is 0. The average Bonchev–Trinajstić information content (AvgIpc) is 3.14. The number of aliphatic hydroxyl groups excluding tert-OH is 1. The summed E-state index contributed by atoms with van der Waals surface area (Å²) in [5.74, 6) is 0.762. The lowest BCUT2D eigenvalue weighted by molar-refractivity contribution is -0.122. The number of aromatic nitrogens is 2. The zero-order valence-corrected chi connectivity index (χ0v) is 14.6. The summed E-state index contributed by atoms with van der Waals surface area (Å²) in [5.41, 5.74) is 2.84. The van der Waals surface area contributed by atoms with Gasteiger partial charge >= 0.3 is 0 Å². The fourth-order valence-electron chi connectivity index (χ4n) is 2.70. The number of hydrogen-bond donors (Lipinski definition) is 2. The van der Waals surface area contributed by atoms with Crippen LogP contribution in [-0.4, -0.2) is 27.8 Å². The number of carbonyl (C=O) groups excluding carboxylic acids is 1. The van der Waals surface area contributed by atoms with E-state index in [1.54, 1.807) is 0 Å². The highest BCUT2D eigenvalue weighted by atomic mass is 16.5. The summed E-state index contributed by atoms with van der Waals surface area (Å²) in [6.07, 6.45) is 0.552. The Morgan fingerprint density at radius 1 is 1.15 bits per heavy atom. The van der Waals surface area contributed by atoms with Crippen molar-refractivity contribution in [3.05, 3.63) is 71.6 Å². The van der Waals surface area contributed by atoms with Crippen molar-refractivity contribution in [2.45, 2.75) is 25.8 Å². The van der Waals surface area contributed by atoms with Crippen LogP contribution in [0.4, 0.5) is 0 Å². The van der Waals surface area contributed by atoms with Crippen LogP contribution in [0.1, 0.15) is 29.5 Å². The molecule has 0 bridgehead atoms. The molecule has 2 N–H and O–H groups in total. The second-order valence-electron chi connectivity index (χ2n) is 6.04. The van der Waals surface area contributed by atoms with E-state index in [9.17, 15) is 9.90 Å². The van der Waals surface area contributed by atoms with Crippen LogP contribution in [0.25, 0.3) is 11.4 Å². The van der Waals surface area contributed by atoms with Gasteiger partial charge in [0, 0.05) is 18.4 Å². The maximum absolute atomic E-state index is 12.2. The maximum Gasteiger partial charge on any atom is 0.227 e. The molecule has 6 nitrogen and oxygen atoms in total. The predicted molar refractivity (Wildman–Crippen MR) is 97.2 cm³/mol. The molecular weight excluding hydrogens is 330 g/mol. The van der Waals surface area contributed by atoms with Crippen molar-refractivity contribution in [1.82, 2.24) is 15.5 Å². The summed E-state index contributed by atoms with van der Waals surface area (Å²) in [4.78, 5) is 16.5. The van der Waals surface area contributed by atoms with Gasteiger partial charge in [-0.3, -0.25) is 4.79 Å². The van der Waals surface area contributed by atoms with E-state index in [1.807, 2.05) is 61.5 Å². The number of aryl methyl sites for hydroxylation is 2. The summed E-state index contributed by atoms with van der Waals surface area (Å²) in [6.45, 7) is 1.82. The first-order valence-electron chi connectivity index (χ1n) is 8.51. The molecular formula is C20H21N3O3. The van der Waals surface area contributed by atoms with Crippen molar-refractivity contribution < 1.29 is 14.4 Å². The lowest BCUT2D eigenvalue weighted by Gasteiger charge is -2.16. The van der Waals surface area contributed by atoms with Crippen LogP contribution in [0.15, 0.2) is 59.1 Å². The lowest BCUT2D eigenvalue weighted by Crippen LogP contribution is -2.30. The van der Waals surface area contributed by atoms with Gasteiger partial charge < -0.3 is 14.9 Å². The smallest absolute Gasteiger partial charge is 0.227 e. The first-order valence-corrected chi connectivity index (χ1v) is 8.51. The number of amides is 1. The molecule has 0 aliphatic heterocycles. The molecule has 0 fully saturated rings. The minimum atomic E-state index is -0.422. The molecule has 3 rings (SSSR count). The molecule has 0 saturated carbocycles. The van der Waals surface area contributed by atoms with Crippen molar-refractivity contribution in [2.24, 2.45) is 0 Å². The second kappa shape index (κ2) is 8.40. The molecule has 134 valence electrons. The predicted octanol–water partition coefficient (Wildman–Crippen LogP) is 2.83. The highest BCUT2D eigenvalue weighted by Gasteiger charge is 2.15. The van der Waals surface area contributed by atoms with Gasteiger partial charge in [-0.25, -0.2) is 0 Å². The summed E-state index contributed by atoms with van der Waals surface area (Å²) in [6, 6.07) is 16.7. The molecule has 0 unspecified atom stereocenters. The largest absolute Gasteiger partial charge is 0.394 e. The first-order chi connectivity index (χ1) is 12.7. The molecule has 26 heavy (non-hydrogen) atoms. The van der Waals surface area contributed by atoms with Crippen molar-refractivity contribution in [1.29, 1.82) is 0 Å². The summed E-state index contributed by atoms with van der Waals surface area (Å²) in [5, 5.41) is 16.3. The molecule has 1 atom stereocenters. The molecule has 0 radical (unpaired) electrons. The van der Waals surface area contributed by atoms with Crippen LogP contribution in [-0.2, 0) is 11.2 Å². The number of nitrogens with zero attached hydrogens (tertiary/aromatic N) is 2. The highest BCUT2D eigenvalue weighted by Crippen LogP contribution is 2.20. The fourth-order valence-corrected chi connectivity index (χ4v) is 2.70. The Bertz CT molecular complexity index is 862. The third-order valence-electron chi connectivity index (χ3n) is 4.14. The molecule has 6 heteroatoms. The van der Waals surface area contributed by atoms with Gasteiger partial charge in [-0.1, -0.05) is 59.8 Å². The third kappa shape index (κ3) is 4.34. The lowest BCUT2D eigenvalue weighted by atomic mass is 10.1. The van der Waals surface area contributed by atoms with E-state index in [-0.39, 0.29) is 18.9 Å². The Hall–Kier alpha value is -2.99. The van der Waals surface area contributed by atoms with Gasteiger partial charge in [0.15, 0.2) is 0 Å². The van der Waals surface area contributed by atoms with Crippen molar-refractivity contribution in [3.8, 4) is 11.4 Å². The Labute approximate surface area is 151 Å². The number of nitrogens with one attached hydrogen (secondary N) is 1. The molecule has 0 saturated heterocycles. The van der Waals surface area contributed by atoms with Crippen molar-refractivity contribution in [2.75, 3.05) is 6.61 Å². The number of aliphatic hydroxyl groups is 1. The minimum Gasteiger partial charge on any atom is -0.394 e. The van der Waals surface area contributed by atoms with Crippen LogP contribution in [0.5, 0.6) is 0 Å². The van der Waals surface area contributed by atoms with E-state index in [0.29, 0.717) is 18.1 Å². The maximum atomic E-state index is 12.2. The van der Waals surface area contributed by atoms with E-state index in [1.165, 1.54) is 0 Å². The Morgan fingerprint density at radius 2 is 1.88 bits per heavy atom. The third-order valence-corrected chi connectivity index (χ3v) is 4.14. The summed E-state index contributed by atoms with van der Waals surface area (Å²) in [7, 11) is 0. The molecule has 1 aromatic heterocycles. The number of carbonyl (C=O) groups is 1. The van der Waals surface area contributed by atoms with Gasteiger partial charge in [-0.15, -0.1) is 0 Å². The number of hydrogen-bond acceptors (Lipinski definition) is 5. The molecule has 0 aliphatic carbocycles. The van der Waals surface area contributed by atoms with Gasteiger partial charge in [0.2, 0.25) is 17.6 Å². The highest BCUT2D eigenvalue weighted by molar-refractivity contribution is 5.76. The minimum absolute atomic E-state index is 0.159. The number of rotatable bonds is 7. The zero-order valence-electron chi connectivity index (χ0n) is 14.6. The Morgan fingerprint density at radius 3 is 2.62 bits per heavy atom. The van der Waals surface area contributed by atoms with Gasteiger partial charge in [-0.2, -0.15) is 4.98 Å². The van der Waals surface area contributed by atoms with Gasteiger partial charge in [0.1, 0.15) is 0 Å². The molecule has 2 aromatic carbocycles. The average molecular weight is 351 g/mol. The van der Waals surface area contributed by atoms with Gasteiger partial charge in [0.25, 0.3) is 0 Å². The van der Waals surface area contributed by atoms with Crippen LogP contribution >= 0.6 is 0 Å². The van der Waals surface area contributed by atoms with Crippen molar-refractivity contribution in [3.63, 3.8) is 0 Å². The molecule has 1 heterocycles. The quantitative estimate of drug-likeness (QED) is 0.683. The van der Waals surface area contributed by atoms with E-state index < -0.39 is 6.04 Å². The normalized spacial score (nSPS) is 11.9. The van der Waals surface area contributed by atoms with E-state index >= 15 is 0 Å². The summed E-state index contributed by atoms with van der Waals surface area (Å²) < 4.78 is 5.25. The monoisotopic (exact) mass is 351 g/mol. The van der Waals surface area contributed by atoms with Gasteiger partial charge in [-0.05, 0) is 18.1 Å². The second-order valence-corrected chi connectivity index (χ2v) is 6.04.